The van der Waals surface area contributed by atoms with Gasteiger partial charge in [-0.25, -0.2) is 0 Å². The van der Waals surface area contributed by atoms with Crippen LogP contribution in [-0.4, -0.2) is 62.8 Å². The molecule has 1 heterocycles. The van der Waals surface area contributed by atoms with E-state index in [0.29, 0.717) is 32.7 Å². The zero-order valence-corrected chi connectivity index (χ0v) is 30.9. The predicted octanol–water partition coefficient (Wildman–Crippen LogP) is 3.55. The van der Waals surface area contributed by atoms with Crippen molar-refractivity contribution in [3.63, 3.8) is 0 Å². The molecule has 1 aromatic heterocycles. The molecule has 0 N–H and O–H groups in total. The van der Waals surface area contributed by atoms with Gasteiger partial charge in [-0.1, -0.05) is 121 Å². The van der Waals surface area contributed by atoms with E-state index >= 15 is 0 Å². The van der Waals surface area contributed by atoms with Crippen LogP contribution in [0.2, 0.25) is 0 Å². The number of benzene rings is 8. The largest absolute Gasteiger partial charge is 0.456 e. The van der Waals surface area contributed by atoms with Gasteiger partial charge in [-0.2, -0.15) is 0 Å². The Morgan fingerprint density at radius 1 is 0.375 bits per heavy atom. The molecule has 0 atom stereocenters. The Kier molecular flexibility index (Phi) is 7.70. The van der Waals surface area contributed by atoms with Crippen LogP contribution in [0.15, 0.2) is 114 Å². The number of fused-ring (bicyclic) bond motifs is 8. The summed E-state index contributed by atoms with van der Waals surface area (Å²) in [5, 5.41) is 4.48. The van der Waals surface area contributed by atoms with Crippen molar-refractivity contribution in [2.24, 2.45) is 0 Å². The maximum atomic E-state index is 7.04. The molecule has 16 radical (unpaired) electrons. The molecule has 0 unspecified atom stereocenters. The van der Waals surface area contributed by atoms with Gasteiger partial charge in [0.05, 0.1) is 0 Å². The first kappa shape index (κ1) is 35.0. The van der Waals surface area contributed by atoms with Crippen LogP contribution >= 0.6 is 0 Å². The molecule has 0 fully saturated rings. The molecule has 10 rings (SSSR count). The fourth-order valence-electron chi connectivity index (χ4n) is 9.12. The first-order chi connectivity index (χ1) is 26.9. The van der Waals surface area contributed by atoms with Crippen LogP contribution in [0.5, 0.6) is 0 Å². The zero-order valence-electron chi connectivity index (χ0n) is 30.9. The van der Waals surface area contributed by atoms with Crippen LogP contribution < -0.4 is 43.7 Å². The first-order valence-corrected chi connectivity index (χ1v) is 18.4. The fourth-order valence-corrected chi connectivity index (χ4v) is 9.12. The quantitative estimate of drug-likeness (QED) is 0.204. The highest BCUT2D eigenvalue weighted by molar-refractivity contribution is 6.71. The average molecular weight is 691 g/mol. The Morgan fingerprint density at radius 2 is 0.839 bits per heavy atom. The van der Waals surface area contributed by atoms with E-state index in [4.69, 9.17) is 67.2 Å². The summed E-state index contributed by atoms with van der Waals surface area (Å²) in [7, 11) is 54.7. The van der Waals surface area contributed by atoms with Gasteiger partial charge in [0.25, 0.3) is 0 Å². The molecule has 1 aliphatic rings. The lowest BCUT2D eigenvalue weighted by Gasteiger charge is -2.29. The fraction of sp³-hybridized carbons (Fsp3) is 0.0638. The van der Waals surface area contributed by atoms with E-state index in [1.807, 2.05) is 36.4 Å². The van der Waals surface area contributed by atoms with Gasteiger partial charge >= 0.3 is 0 Å². The summed E-state index contributed by atoms with van der Waals surface area (Å²) in [6.45, 7) is 4.46. The Morgan fingerprint density at radius 3 is 1.46 bits per heavy atom. The van der Waals surface area contributed by atoms with Gasteiger partial charge in [0.2, 0.25) is 0 Å². The third-order valence-electron chi connectivity index (χ3n) is 12.1. The highest BCUT2D eigenvalue weighted by Crippen LogP contribution is 2.50. The van der Waals surface area contributed by atoms with Crippen molar-refractivity contribution >= 4 is 150 Å². The molecule has 0 bridgehead atoms. The molecule has 0 amide bonds. The average Bonchev–Trinajstić information content (AvgIpc) is 3.70. The molecule has 56 heavy (non-hydrogen) atoms. The second-order valence-corrected chi connectivity index (χ2v) is 15.4. The number of hydrogen-bond donors (Lipinski definition) is 0. The molecule has 0 saturated heterocycles. The number of rotatable bonds is 3. The summed E-state index contributed by atoms with van der Waals surface area (Å²) in [5.74, 6) is 0. The maximum Gasteiger partial charge on any atom is 0.135 e. The van der Waals surface area contributed by atoms with Crippen LogP contribution in [0.4, 0.5) is 0 Å². The van der Waals surface area contributed by atoms with E-state index in [0.717, 1.165) is 55.3 Å². The minimum atomic E-state index is -0.285. The molecule has 9 heteroatoms. The smallest absolute Gasteiger partial charge is 0.135 e. The third kappa shape index (κ3) is 4.73. The summed E-state index contributed by atoms with van der Waals surface area (Å²) >= 11 is 0. The predicted molar refractivity (Wildman–Crippen MR) is 246 cm³/mol. The molecular formula is C47H24B8O. The van der Waals surface area contributed by atoms with Crippen molar-refractivity contribution in [2.75, 3.05) is 0 Å². The molecule has 0 spiro atoms. The molecule has 8 aromatic carbocycles. The maximum absolute atomic E-state index is 7.04. The second kappa shape index (κ2) is 12.3. The number of hydrogen-bond acceptors (Lipinski definition) is 1. The molecule has 1 aliphatic carbocycles. The minimum absolute atomic E-state index is 0.180. The normalized spacial score (nSPS) is 13.2. The summed E-state index contributed by atoms with van der Waals surface area (Å²) in [5.41, 5.74) is 13.0. The van der Waals surface area contributed by atoms with Gasteiger partial charge < -0.3 is 4.42 Å². The molecule has 0 saturated carbocycles. The standard InChI is InChI=1S/C47H24B8O/c1-47(2)29-9-5-3-7-25(29)26-17-15-24(20-30(26)47)34-37-35(39(48)43(52)45(54)41(37)50)33(36-38(34)42(51)46(55)44(53)40(36)49)22-13-11-21(12-14-22)23-16-18-32-28(19-23)27-8-4-6-10-31(27)56-32/h3-20H,1-2H3. The Bertz CT molecular complexity index is 3110. The van der Waals surface area contributed by atoms with E-state index in [1.165, 1.54) is 11.1 Å². The van der Waals surface area contributed by atoms with Gasteiger partial charge in [-0.3, -0.25) is 0 Å². The molecule has 9 aromatic rings. The molecular weight excluding hydrogens is 667 g/mol. The van der Waals surface area contributed by atoms with E-state index in [9.17, 15) is 0 Å². The minimum Gasteiger partial charge on any atom is -0.456 e. The van der Waals surface area contributed by atoms with Crippen LogP contribution in [0.25, 0.3) is 88.0 Å². The van der Waals surface area contributed by atoms with Gasteiger partial charge in [0.1, 0.15) is 73.9 Å². The summed E-state index contributed by atoms with van der Waals surface area (Å²) in [4.78, 5) is 0. The van der Waals surface area contributed by atoms with Gasteiger partial charge in [-0.15, -0.1) is 21.9 Å². The Labute approximate surface area is 336 Å². The van der Waals surface area contributed by atoms with Gasteiger partial charge in [0, 0.05) is 16.2 Å². The number of furan rings is 1. The zero-order chi connectivity index (χ0) is 38.9. The van der Waals surface area contributed by atoms with Crippen molar-refractivity contribution in [3.8, 4) is 44.5 Å². The lowest BCUT2D eigenvalue weighted by atomic mass is 9.59. The van der Waals surface area contributed by atoms with Crippen molar-refractivity contribution in [3.05, 3.63) is 120 Å². The van der Waals surface area contributed by atoms with E-state index < -0.39 is 0 Å². The monoisotopic (exact) mass is 692 g/mol. The highest BCUT2D eigenvalue weighted by atomic mass is 16.3. The van der Waals surface area contributed by atoms with E-state index in [2.05, 4.69) is 86.6 Å². The number of para-hydroxylation sites is 1. The Hall–Kier alpha value is -5.40. The van der Waals surface area contributed by atoms with E-state index in [-0.39, 0.29) is 49.1 Å². The van der Waals surface area contributed by atoms with Crippen molar-refractivity contribution in [2.45, 2.75) is 19.3 Å². The summed E-state index contributed by atoms with van der Waals surface area (Å²) < 4.78 is 6.09. The molecule has 1 nitrogen and oxygen atoms in total. The van der Waals surface area contributed by atoms with Crippen LogP contribution in [0.3, 0.4) is 0 Å². The van der Waals surface area contributed by atoms with Crippen molar-refractivity contribution < 1.29 is 4.42 Å². The van der Waals surface area contributed by atoms with Crippen LogP contribution in [0.1, 0.15) is 25.0 Å². The Balaban J connectivity index is 1.28. The van der Waals surface area contributed by atoms with E-state index in [1.54, 1.807) is 0 Å². The van der Waals surface area contributed by atoms with Crippen molar-refractivity contribution in [1.82, 2.24) is 0 Å². The third-order valence-corrected chi connectivity index (χ3v) is 12.1. The molecule has 242 valence electrons. The van der Waals surface area contributed by atoms with Crippen LogP contribution in [-0.2, 0) is 5.41 Å². The lowest BCUT2D eigenvalue weighted by molar-refractivity contribution is 0.660. The topological polar surface area (TPSA) is 13.1 Å². The first-order valence-electron chi connectivity index (χ1n) is 18.4. The van der Waals surface area contributed by atoms with Crippen molar-refractivity contribution in [1.29, 1.82) is 0 Å². The van der Waals surface area contributed by atoms with Crippen LogP contribution in [0, 0.1) is 0 Å². The second-order valence-electron chi connectivity index (χ2n) is 15.4. The van der Waals surface area contributed by atoms with Gasteiger partial charge in [0.15, 0.2) is 0 Å². The molecule has 0 aliphatic heterocycles. The van der Waals surface area contributed by atoms with Gasteiger partial charge in [-0.05, 0) is 101 Å². The summed E-state index contributed by atoms with van der Waals surface area (Å²) in [6.07, 6.45) is 0. The SMILES string of the molecule is [B]c1c([B])c([B])c2c(-c3ccc4c(c3)C(C)(C)c3ccccc3-4)c3c([B])c([B])c([B])c([B])c3c(-c3ccc(-c4ccc5oc6ccccc6c5c4)cc3)c2c1[B]. The highest BCUT2D eigenvalue weighted by Gasteiger charge is 2.36. The lowest BCUT2D eigenvalue weighted by Crippen LogP contribution is -2.50. The summed E-state index contributed by atoms with van der Waals surface area (Å²) in [6, 6.07) is 37.3.